The van der Waals surface area contributed by atoms with Crippen LogP contribution in [0.1, 0.15) is 5.56 Å². The Bertz CT molecular complexity index is 329. The number of rotatable bonds is 0. The van der Waals surface area contributed by atoms with Crippen molar-refractivity contribution in [3.8, 4) is 0 Å². The predicted octanol–water partition coefficient (Wildman–Crippen LogP) is 0.183. The van der Waals surface area contributed by atoms with Gasteiger partial charge in [-0.05, 0) is 23.2 Å². The molecule has 1 aliphatic heterocycles. The highest BCUT2D eigenvalue weighted by atomic mass is 19.2. The fourth-order valence-electron chi connectivity index (χ4n) is 1.22. The van der Waals surface area contributed by atoms with Gasteiger partial charge in [-0.2, -0.15) is 0 Å². The summed E-state index contributed by atoms with van der Waals surface area (Å²) in [6.45, 7) is 0.133. The van der Waals surface area contributed by atoms with Gasteiger partial charge in [0.2, 0.25) is 0 Å². The van der Waals surface area contributed by atoms with Crippen LogP contribution in [0.5, 0.6) is 0 Å². The first kappa shape index (κ1) is 7.70. The van der Waals surface area contributed by atoms with Crippen molar-refractivity contribution in [3.63, 3.8) is 0 Å². The van der Waals surface area contributed by atoms with E-state index in [4.69, 9.17) is 9.68 Å². The number of benzene rings is 1. The largest absolute Gasteiger partial charge is 0.491 e. The molecule has 1 heterocycles. The maximum absolute atomic E-state index is 12.6. The lowest BCUT2D eigenvalue weighted by Gasteiger charge is -1.98. The van der Waals surface area contributed by atoms with E-state index >= 15 is 0 Å². The lowest BCUT2D eigenvalue weighted by atomic mass is 9.79. The zero-order valence-electron chi connectivity index (χ0n) is 6.05. The molecule has 0 aliphatic carbocycles. The first-order valence-electron chi connectivity index (χ1n) is 3.46. The van der Waals surface area contributed by atoms with Crippen molar-refractivity contribution in [1.82, 2.24) is 0 Å². The monoisotopic (exact) mass is 170 g/mol. The van der Waals surface area contributed by atoms with E-state index in [0.29, 0.717) is 11.0 Å². The molecule has 0 saturated carbocycles. The summed E-state index contributed by atoms with van der Waals surface area (Å²) in [5, 5.41) is 9.09. The van der Waals surface area contributed by atoms with E-state index in [2.05, 4.69) is 0 Å². The van der Waals surface area contributed by atoms with Crippen LogP contribution in [-0.2, 0) is 11.3 Å². The Labute approximate surface area is 67.9 Å². The molecular formula is C7H5BF2O2. The summed E-state index contributed by atoms with van der Waals surface area (Å²) in [4.78, 5) is 0. The minimum absolute atomic E-state index is 0.133. The molecule has 1 aromatic carbocycles. The van der Waals surface area contributed by atoms with Crippen LogP contribution >= 0.6 is 0 Å². The molecule has 0 fully saturated rings. The number of halogens is 2. The Morgan fingerprint density at radius 2 is 2.00 bits per heavy atom. The van der Waals surface area contributed by atoms with E-state index in [0.717, 1.165) is 12.1 Å². The normalized spacial score (nSPS) is 15.1. The second kappa shape index (κ2) is 2.53. The first-order chi connectivity index (χ1) is 5.68. The molecular weight excluding hydrogens is 165 g/mol. The van der Waals surface area contributed by atoms with E-state index in [9.17, 15) is 8.78 Å². The first-order valence-corrected chi connectivity index (χ1v) is 3.46. The molecule has 1 N–H and O–H groups in total. The number of hydrogen-bond donors (Lipinski definition) is 1. The zero-order valence-corrected chi connectivity index (χ0v) is 6.05. The molecule has 1 aromatic rings. The van der Waals surface area contributed by atoms with Crippen LogP contribution in [0.2, 0.25) is 0 Å². The van der Waals surface area contributed by atoms with Gasteiger partial charge < -0.3 is 9.68 Å². The maximum Gasteiger partial charge on any atom is 0.491 e. The lowest BCUT2D eigenvalue weighted by molar-refractivity contribution is 0.275. The maximum atomic E-state index is 12.6. The summed E-state index contributed by atoms with van der Waals surface area (Å²) in [5.74, 6) is -1.87. The van der Waals surface area contributed by atoms with Crippen LogP contribution in [0.3, 0.4) is 0 Å². The Morgan fingerprint density at radius 3 is 2.75 bits per heavy atom. The Balaban J connectivity index is 2.56. The summed E-state index contributed by atoms with van der Waals surface area (Å²) in [5.41, 5.74) is 0.815. The van der Waals surface area contributed by atoms with Gasteiger partial charge >= 0.3 is 7.12 Å². The number of fused-ring (bicyclic) bond motifs is 1. The van der Waals surface area contributed by atoms with Gasteiger partial charge in [0.25, 0.3) is 0 Å². The average Bonchev–Trinajstić information content (AvgIpc) is 2.35. The van der Waals surface area contributed by atoms with Crippen molar-refractivity contribution in [2.24, 2.45) is 0 Å². The highest BCUT2D eigenvalue weighted by Crippen LogP contribution is 2.13. The van der Waals surface area contributed by atoms with Crippen LogP contribution in [-0.4, -0.2) is 12.1 Å². The molecule has 0 saturated heterocycles. The van der Waals surface area contributed by atoms with E-state index in [1.807, 2.05) is 0 Å². The van der Waals surface area contributed by atoms with Gasteiger partial charge in [0, 0.05) is 0 Å². The molecule has 5 heteroatoms. The summed E-state index contributed by atoms with van der Waals surface area (Å²) >= 11 is 0. The molecule has 1 aliphatic rings. The third-order valence-corrected chi connectivity index (χ3v) is 1.84. The Kier molecular flexibility index (Phi) is 1.63. The summed E-state index contributed by atoms with van der Waals surface area (Å²) in [7, 11) is -1.12. The predicted molar refractivity (Wildman–Crippen MR) is 38.8 cm³/mol. The van der Waals surface area contributed by atoms with Gasteiger partial charge in [0.1, 0.15) is 0 Å². The van der Waals surface area contributed by atoms with Crippen LogP contribution in [0.25, 0.3) is 0 Å². The fourth-order valence-corrected chi connectivity index (χ4v) is 1.22. The molecule has 0 atom stereocenters. The second-order valence-corrected chi connectivity index (χ2v) is 2.63. The van der Waals surface area contributed by atoms with Crippen molar-refractivity contribution < 1.29 is 18.5 Å². The highest BCUT2D eigenvalue weighted by Gasteiger charge is 2.28. The van der Waals surface area contributed by atoms with Crippen molar-refractivity contribution in [1.29, 1.82) is 0 Å². The third-order valence-electron chi connectivity index (χ3n) is 1.84. The molecule has 0 aromatic heterocycles. The zero-order chi connectivity index (χ0) is 8.72. The minimum Gasteiger partial charge on any atom is -0.423 e. The Morgan fingerprint density at radius 1 is 1.33 bits per heavy atom. The number of hydrogen-bond acceptors (Lipinski definition) is 2. The molecule has 0 unspecified atom stereocenters. The van der Waals surface area contributed by atoms with E-state index in [1.54, 1.807) is 0 Å². The molecule has 2 nitrogen and oxygen atoms in total. The third kappa shape index (κ3) is 1.02. The van der Waals surface area contributed by atoms with Crippen molar-refractivity contribution in [2.75, 3.05) is 0 Å². The summed E-state index contributed by atoms with van der Waals surface area (Å²) in [6.07, 6.45) is 0. The molecule has 62 valence electrons. The van der Waals surface area contributed by atoms with Gasteiger partial charge in [0.05, 0.1) is 6.61 Å². The molecule has 12 heavy (non-hydrogen) atoms. The summed E-state index contributed by atoms with van der Waals surface area (Å²) in [6, 6.07) is 2.00. The van der Waals surface area contributed by atoms with Gasteiger partial charge in [-0.1, -0.05) is 0 Å². The van der Waals surface area contributed by atoms with Crippen molar-refractivity contribution >= 4 is 12.6 Å². The molecule has 0 bridgehead atoms. The van der Waals surface area contributed by atoms with Gasteiger partial charge in [0.15, 0.2) is 11.6 Å². The van der Waals surface area contributed by atoms with E-state index in [1.165, 1.54) is 0 Å². The van der Waals surface area contributed by atoms with E-state index in [-0.39, 0.29) is 6.61 Å². The molecule has 2 rings (SSSR count). The minimum atomic E-state index is -1.12. The van der Waals surface area contributed by atoms with Gasteiger partial charge in [-0.25, -0.2) is 8.78 Å². The van der Waals surface area contributed by atoms with Gasteiger partial charge in [-0.3, -0.25) is 0 Å². The molecule has 0 radical (unpaired) electrons. The van der Waals surface area contributed by atoms with E-state index < -0.39 is 18.8 Å². The standard InChI is InChI=1S/C7H5BF2O2/c9-6-1-4-3-12-8(11)5(4)2-7(6)10/h1-2,11H,3H2. The lowest BCUT2D eigenvalue weighted by Crippen LogP contribution is -2.28. The topological polar surface area (TPSA) is 29.5 Å². The summed E-state index contributed by atoms with van der Waals surface area (Å²) < 4.78 is 29.9. The smallest absolute Gasteiger partial charge is 0.423 e. The fraction of sp³-hybridized carbons (Fsp3) is 0.143. The molecule has 0 spiro atoms. The quantitative estimate of drug-likeness (QED) is 0.562. The van der Waals surface area contributed by atoms with Gasteiger partial charge in [-0.15, -0.1) is 0 Å². The second-order valence-electron chi connectivity index (χ2n) is 2.63. The van der Waals surface area contributed by atoms with Crippen molar-refractivity contribution in [2.45, 2.75) is 6.61 Å². The van der Waals surface area contributed by atoms with Crippen LogP contribution in [0.4, 0.5) is 8.78 Å². The van der Waals surface area contributed by atoms with Crippen LogP contribution in [0, 0.1) is 11.6 Å². The Hall–Kier alpha value is -0.935. The SMILES string of the molecule is OB1OCc2cc(F)c(F)cc21. The highest BCUT2D eigenvalue weighted by molar-refractivity contribution is 6.61. The van der Waals surface area contributed by atoms with Crippen LogP contribution < -0.4 is 5.46 Å². The van der Waals surface area contributed by atoms with Crippen LogP contribution in [0.15, 0.2) is 12.1 Å². The molecule has 0 amide bonds. The average molecular weight is 170 g/mol. The van der Waals surface area contributed by atoms with Crippen molar-refractivity contribution in [3.05, 3.63) is 29.3 Å².